The zero-order valence-electron chi connectivity index (χ0n) is 21.7. The van der Waals surface area contributed by atoms with Gasteiger partial charge in [0, 0.05) is 6.54 Å². The Morgan fingerprint density at radius 3 is 2.62 bits per heavy atom. The second kappa shape index (κ2) is 10.5. The SMILES string of the molecule is CC1(C)C(NC(=O)O)=N[C@](C)(c2nc(NCc3ccc(OCC(F)(F)C(F)F)cn3)ccc2F)[C@H]2CCN[SH]21=O. The molecule has 4 N–H and O–H groups in total. The summed E-state index contributed by atoms with van der Waals surface area (Å²) < 4.78 is 86.7. The van der Waals surface area contributed by atoms with Crippen molar-refractivity contribution in [3.05, 3.63) is 47.7 Å². The van der Waals surface area contributed by atoms with Crippen LogP contribution in [0.25, 0.3) is 0 Å². The Labute approximate surface area is 227 Å². The van der Waals surface area contributed by atoms with Crippen molar-refractivity contribution >= 4 is 27.9 Å². The molecular formula is C24H29F5N6O4S. The molecule has 0 radical (unpaired) electrons. The standard InChI is InChI=1S/C24H29F5N6O4S/c1-22(2)20(34-21(36)37)35-23(3,16-8-9-32-40(16,22)38)18-15(25)6-7-17(33-18)31-10-13-4-5-14(11-30-13)39-12-24(28,29)19(26)27/h4-7,11,16,19,40H,8-10,12H2,1-3H3,(H,31,33)(H,32,38)(H,34,35)(H,36,37)/t16-,23+/m1/s1. The Kier molecular flexibility index (Phi) is 7.79. The van der Waals surface area contributed by atoms with Crippen LogP contribution in [0, 0.1) is 5.82 Å². The van der Waals surface area contributed by atoms with Gasteiger partial charge in [-0.1, -0.05) is 0 Å². The van der Waals surface area contributed by atoms with Crippen LogP contribution in [-0.4, -0.2) is 66.7 Å². The van der Waals surface area contributed by atoms with E-state index in [1.165, 1.54) is 18.2 Å². The van der Waals surface area contributed by atoms with Gasteiger partial charge in [-0.3, -0.25) is 24.2 Å². The molecule has 16 heteroatoms. The summed E-state index contributed by atoms with van der Waals surface area (Å²) in [6, 6.07) is 5.24. The van der Waals surface area contributed by atoms with Crippen molar-refractivity contribution in [3.8, 4) is 5.75 Å². The zero-order valence-corrected chi connectivity index (χ0v) is 22.6. The lowest BCUT2D eigenvalue weighted by Crippen LogP contribution is -2.66. The summed E-state index contributed by atoms with van der Waals surface area (Å²) in [5, 5.41) is 13.9. The molecule has 4 heterocycles. The second-order valence-electron chi connectivity index (χ2n) is 10.2. The van der Waals surface area contributed by atoms with E-state index in [9.17, 15) is 31.7 Å². The van der Waals surface area contributed by atoms with Gasteiger partial charge < -0.3 is 15.2 Å². The summed E-state index contributed by atoms with van der Waals surface area (Å²) in [6.07, 6.45) is -3.75. The van der Waals surface area contributed by atoms with E-state index in [1.807, 2.05) is 0 Å². The van der Waals surface area contributed by atoms with Crippen LogP contribution >= 0.6 is 0 Å². The molecule has 0 aromatic carbocycles. The lowest BCUT2D eigenvalue weighted by molar-refractivity contribution is -0.148. The molecule has 1 fully saturated rings. The summed E-state index contributed by atoms with van der Waals surface area (Å²) >= 11 is 0. The molecule has 10 nitrogen and oxygen atoms in total. The molecule has 0 saturated carbocycles. The first kappa shape index (κ1) is 29.6. The maximum Gasteiger partial charge on any atom is 0.410 e. The van der Waals surface area contributed by atoms with Crippen molar-refractivity contribution in [2.24, 2.45) is 4.99 Å². The van der Waals surface area contributed by atoms with Gasteiger partial charge in [-0.05, 0) is 61.6 Å². The van der Waals surface area contributed by atoms with Gasteiger partial charge in [-0.15, -0.1) is 0 Å². The number of aromatic nitrogens is 2. The number of nitrogens with one attached hydrogen (secondary N) is 3. The first-order chi connectivity index (χ1) is 18.6. The third-order valence-electron chi connectivity index (χ3n) is 7.16. The molecule has 40 heavy (non-hydrogen) atoms. The normalized spacial score (nSPS) is 24.1. The summed E-state index contributed by atoms with van der Waals surface area (Å²) in [5.41, 5.74) is -1.18. The average molecular weight is 593 g/mol. The van der Waals surface area contributed by atoms with Crippen LogP contribution in [0.2, 0.25) is 0 Å². The Morgan fingerprint density at radius 2 is 2.00 bits per heavy atom. The van der Waals surface area contributed by atoms with E-state index < -0.39 is 56.5 Å². The van der Waals surface area contributed by atoms with Crippen molar-refractivity contribution in [3.63, 3.8) is 0 Å². The smallest absolute Gasteiger partial charge is 0.410 e. The number of amidine groups is 1. The summed E-state index contributed by atoms with van der Waals surface area (Å²) in [6.45, 7) is 3.77. The van der Waals surface area contributed by atoms with Gasteiger partial charge in [0.15, 0.2) is 6.61 Å². The predicted octanol–water partition coefficient (Wildman–Crippen LogP) is 3.47. The van der Waals surface area contributed by atoms with E-state index in [0.717, 1.165) is 12.3 Å². The van der Waals surface area contributed by atoms with Gasteiger partial charge in [-0.2, -0.15) is 8.78 Å². The average Bonchev–Trinajstić information content (AvgIpc) is 3.30. The maximum absolute atomic E-state index is 15.2. The molecule has 0 unspecified atom stereocenters. The number of amides is 1. The van der Waals surface area contributed by atoms with Gasteiger partial charge in [-0.25, -0.2) is 22.9 Å². The van der Waals surface area contributed by atoms with E-state index >= 15 is 4.39 Å². The Morgan fingerprint density at radius 1 is 1.27 bits per heavy atom. The highest BCUT2D eigenvalue weighted by Gasteiger charge is 2.59. The monoisotopic (exact) mass is 592 g/mol. The van der Waals surface area contributed by atoms with Crippen molar-refractivity contribution in [2.75, 3.05) is 18.5 Å². The van der Waals surface area contributed by atoms with Crippen LogP contribution in [0.4, 0.5) is 32.6 Å². The number of fused-ring (bicyclic) bond motifs is 1. The number of nitrogens with zero attached hydrogens (tertiary/aromatic N) is 3. The minimum Gasteiger partial charge on any atom is -0.485 e. The largest absolute Gasteiger partial charge is 0.485 e. The number of carboxylic acid groups (broad SMARTS) is 1. The molecule has 0 aliphatic carbocycles. The minimum atomic E-state index is -4.30. The third-order valence-corrected chi connectivity index (χ3v) is 11.4. The number of hydrogen-bond acceptors (Lipinski definition) is 7. The van der Waals surface area contributed by atoms with Gasteiger partial charge in [0.2, 0.25) is 0 Å². The summed E-state index contributed by atoms with van der Waals surface area (Å²) in [4.78, 5) is 24.5. The summed E-state index contributed by atoms with van der Waals surface area (Å²) in [5.74, 6) is -4.99. The highest BCUT2D eigenvalue weighted by Crippen LogP contribution is 2.48. The number of halogens is 5. The highest BCUT2D eigenvalue weighted by atomic mass is 32.3. The molecule has 2 aliphatic heterocycles. The van der Waals surface area contributed by atoms with E-state index in [1.54, 1.807) is 20.8 Å². The molecule has 2 aromatic rings. The second-order valence-corrected chi connectivity index (χ2v) is 13.6. The van der Waals surface area contributed by atoms with Gasteiger partial charge >= 0.3 is 18.4 Å². The number of ether oxygens (including phenoxy) is 1. The molecule has 2 atom stereocenters. The number of alkyl halides is 4. The van der Waals surface area contributed by atoms with Crippen molar-refractivity contribution < 1.29 is 40.8 Å². The number of hydrogen-bond donors (Lipinski definition) is 5. The lowest BCUT2D eigenvalue weighted by atomic mass is 9.89. The Balaban J connectivity index is 1.56. The topological polar surface area (TPSA) is 138 Å². The van der Waals surface area contributed by atoms with Crippen molar-refractivity contribution in [2.45, 2.75) is 61.6 Å². The third kappa shape index (κ3) is 5.33. The number of thiol groups is 1. The number of aliphatic imine (C=N–C) groups is 1. The number of anilines is 1. The van der Waals surface area contributed by atoms with Crippen LogP contribution in [0.15, 0.2) is 35.5 Å². The Hall–Kier alpha value is -3.40. The Bertz CT molecular complexity index is 1360. The molecule has 4 rings (SSSR count). The minimum absolute atomic E-state index is 0.0612. The van der Waals surface area contributed by atoms with Crippen molar-refractivity contribution in [1.82, 2.24) is 20.0 Å². The molecule has 1 saturated heterocycles. The number of rotatable bonds is 8. The molecule has 220 valence electrons. The molecule has 2 aromatic heterocycles. The highest BCUT2D eigenvalue weighted by molar-refractivity contribution is 8.04. The zero-order chi connectivity index (χ0) is 29.5. The first-order valence-electron chi connectivity index (χ1n) is 12.2. The fourth-order valence-electron chi connectivity index (χ4n) is 4.90. The van der Waals surface area contributed by atoms with Gasteiger partial charge in [0.25, 0.3) is 0 Å². The van der Waals surface area contributed by atoms with E-state index in [4.69, 9.17) is 4.74 Å². The van der Waals surface area contributed by atoms with Gasteiger partial charge in [0.05, 0.1) is 28.4 Å². The van der Waals surface area contributed by atoms with Crippen LogP contribution < -0.4 is 20.1 Å². The molecule has 2 aliphatic rings. The fourth-order valence-corrected chi connectivity index (χ4v) is 8.55. The molecule has 0 bridgehead atoms. The van der Waals surface area contributed by atoms with E-state index in [-0.39, 0.29) is 29.6 Å². The molecule has 0 spiro atoms. The maximum atomic E-state index is 15.2. The van der Waals surface area contributed by atoms with Crippen molar-refractivity contribution in [1.29, 1.82) is 0 Å². The fraction of sp³-hybridized carbons (Fsp3) is 0.500. The lowest BCUT2D eigenvalue weighted by Gasteiger charge is -2.50. The van der Waals surface area contributed by atoms with E-state index in [2.05, 4.69) is 30.3 Å². The van der Waals surface area contributed by atoms with Crippen LogP contribution in [0.1, 0.15) is 38.6 Å². The molecular weight excluding hydrogens is 563 g/mol. The van der Waals surface area contributed by atoms with Crippen LogP contribution in [0.3, 0.4) is 0 Å². The predicted molar refractivity (Wildman–Crippen MR) is 138 cm³/mol. The summed E-state index contributed by atoms with van der Waals surface area (Å²) in [7, 11) is -3.35. The van der Waals surface area contributed by atoms with Gasteiger partial charge in [0.1, 0.15) is 34.5 Å². The van der Waals surface area contributed by atoms with Crippen LogP contribution in [-0.2, 0) is 22.2 Å². The first-order valence-corrected chi connectivity index (χ1v) is 14.0. The molecule has 1 amide bonds. The number of carbonyl (C=O) groups is 1. The van der Waals surface area contributed by atoms with Crippen LogP contribution in [0.5, 0.6) is 5.75 Å². The van der Waals surface area contributed by atoms with E-state index in [0.29, 0.717) is 18.7 Å². The quantitative estimate of drug-likeness (QED) is 0.234. The number of pyridine rings is 2.